The summed E-state index contributed by atoms with van der Waals surface area (Å²) in [7, 11) is 0. The van der Waals surface area contributed by atoms with Crippen LogP contribution >= 0.6 is 0 Å². The van der Waals surface area contributed by atoms with Gasteiger partial charge in [0, 0.05) is 11.1 Å². The molecule has 0 bridgehead atoms. The van der Waals surface area contributed by atoms with Crippen molar-refractivity contribution in [3.63, 3.8) is 0 Å². The van der Waals surface area contributed by atoms with Crippen LogP contribution in [0.5, 0.6) is 5.75 Å². The molecule has 2 aromatic rings. The lowest BCUT2D eigenvalue weighted by atomic mass is 10.0. The zero-order valence-corrected chi connectivity index (χ0v) is 12.3. The summed E-state index contributed by atoms with van der Waals surface area (Å²) >= 11 is 0. The fourth-order valence-electron chi connectivity index (χ4n) is 2.23. The zero-order valence-electron chi connectivity index (χ0n) is 12.3. The van der Waals surface area contributed by atoms with Crippen molar-refractivity contribution in [1.82, 2.24) is 5.43 Å². The number of carbonyl (C=O) groups is 1. The number of amides is 1. The maximum absolute atomic E-state index is 11.9. The van der Waals surface area contributed by atoms with Gasteiger partial charge in [-0.2, -0.15) is 5.10 Å². The number of aromatic hydroxyl groups is 1. The highest BCUT2D eigenvalue weighted by atomic mass is 16.3. The van der Waals surface area contributed by atoms with Crippen LogP contribution in [0.1, 0.15) is 32.6 Å². The molecule has 0 aliphatic rings. The van der Waals surface area contributed by atoms with Crippen LogP contribution in [0.25, 0.3) is 0 Å². The predicted molar refractivity (Wildman–Crippen MR) is 83.8 cm³/mol. The molecule has 21 heavy (non-hydrogen) atoms. The molecule has 2 aromatic carbocycles. The predicted octanol–water partition coefficient (Wildman–Crippen LogP) is 3.08. The number of hydrazone groups is 1. The number of phenolic OH excluding ortho intramolecular Hbond substituents is 1. The number of hydrogen-bond acceptors (Lipinski definition) is 3. The van der Waals surface area contributed by atoms with E-state index in [1.807, 2.05) is 20.8 Å². The standard InChI is InChI=1S/C17H18N2O2/c1-11-8-12(2)16(13(3)9-11)10-18-19-17(21)14-4-6-15(20)7-5-14/h4-10,20H,1-3H3,(H,19,21). The number of nitrogens with zero attached hydrogens (tertiary/aromatic N) is 1. The van der Waals surface area contributed by atoms with E-state index in [9.17, 15) is 9.90 Å². The summed E-state index contributed by atoms with van der Waals surface area (Å²) in [5.41, 5.74) is 7.38. The second kappa shape index (κ2) is 6.22. The lowest BCUT2D eigenvalue weighted by Crippen LogP contribution is -2.17. The Labute approximate surface area is 124 Å². The van der Waals surface area contributed by atoms with E-state index in [2.05, 4.69) is 22.7 Å². The Kier molecular flexibility index (Phi) is 4.38. The van der Waals surface area contributed by atoms with Gasteiger partial charge in [-0.3, -0.25) is 4.79 Å². The van der Waals surface area contributed by atoms with Crippen LogP contribution in [0.2, 0.25) is 0 Å². The van der Waals surface area contributed by atoms with Crippen LogP contribution in [-0.4, -0.2) is 17.2 Å². The van der Waals surface area contributed by atoms with Crippen LogP contribution in [0.4, 0.5) is 0 Å². The molecule has 0 fully saturated rings. The van der Waals surface area contributed by atoms with Crippen molar-refractivity contribution in [3.8, 4) is 5.75 Å². The number of hydrogen-bond donors (Lipinski definition) is 2. The Balaban J connectivity index is 2.09. The first-order chi connectivity index (χ1) is 9.97. The second-order valence-corrected chi connectivity index (χ2v) is 5.06. The van der Waals surface area contributed by atoms with Crippen LogP contribution in [-0.2, 0) is 0 Å². The largest absolute Gasteiger partial charge is 0.508 e. The second-order valence-electron chi connectivity index (χ2n) is 5.06. The summed E-state index contributed by atoms with van der Waals surface area (Å²) in [6.07, 6.45) is 1.66. The van der Waals surface area contributed by atoms with Gasteiger partial charge in [-0.1, -0.05) is 17.7 Å². The molecule has 2 N–H and O–H groups in total. The molecule has 0 aliphatic carbocycles. The van der Waals surface area contributed by atoms with E-state index in [-0.39, 0.29) is 11.7 Å². The normalized spacial score (nSPS) is 10.8. The first-order valence-corrected chi connectivity index (χ1v) is 6.67. The molecule has 0 unspecified atom stereocenters. The molecule has 0 saturated heterocycles. The third-order valence-electron chi connectivity index (χ3n) is 3.23. The Morgan fingerprint density at radius 2 is 1.67 bits per heavy atom. The van der Waals surface area contributed by atoms with Gasteiger partial charge in [0.1, 0.15) is 5.75 Å². The number of rotatable bonds is 3. The Morgan fingerprint density at radius 1 is 1.10 bits per heavy atom. The van der Waals surface area contributed by atoms with Crippen LogP contribution in [0.15, 0.2) is 41.5 Å². The van der Waals surface area contributed by atoms with Crippen molar-refractivity contribution in [2.45, 2.75) is 20.8 Å². The summed E-state index contributed by atoms with van der Waals surface area (Å²) < 4.78 is 0. The lowest BCUT2D eigenvalue weighted by molar-refractivity contribution is 0.0955. The molecule has 2 rings (SSSR count). The van der Waals surface area contributed by atoms with Crippen LogP contribution in [0, 0.1) is 20.8 Å². The molecule has 0 heterocycles. The third-order valence-corrected chi connectivity index (χ3v) is 3.23. The van der Waals surface area contributed by atoms with E-state index in [0.717, 1.165) is 16.7 Å². The maximum Gasteiger partial charge on any atom is 0.271 e. The van der Waals surface area contributed by atoms with Crippen molar-refractivity contribution in [2.24, 2.45) is 5.10 Å². The molecular weight excluding hydrogens is 264 g/mol. The number of carbonyl (C=O) groups excluding carboxylic acids is 1. The minimum atomic E-state index is -0.311. The van der Waals surface area contributed by atoms with E-state index >= 15 is 0 Å². The fourth-order valence-corrected chi connectivity index (χ4v) is 2.23. The molecule has 0 aliphatic heterocycles. The van der Waals surface area contributed by atoms with Crippen LogP contribution in [0.3, 0.4) is 0 Å². The summed E-state index contributed by atoms with van der Waals surface area (Å²) in [6.45, 7) is 6.08. The van der Waals surface area contributed by atoms with E-state index < -0.39 is 0 Å². The van der Waals surface area contributed by atoms with Crippen molar-refractivity contribution >= 4 is 12.1 Å². The highest BCUT2D eigenvalue weighted by Gasteiger charge is 2.04. The molecule has 0 saturated carbocycles. The zero-order chi connectivity index (χ0) is 15.4. The SMILES string of the molecule is Cc1cc(C)c(C=NNC(=O)c2ccc(O)cc2)c(C)c1. The molecule has 0 radical (unpaired) electrons. The van der Waals surface area contributed by atoms with Gasteiger partial charge in [-0.25, -0.2) is 5.43 Å². The number of nitrogens with one attached hydrogen (secondary N) is 1. The minimum Gasteiger partial charge on any atom is -0.508 e. The van der Waals surface area contributed by atoms with E-state index in [1.165, 1.54) is 17.7 Å². The van der Waals surface area contributed by atoms with Gasteiger partial charge in [0.25, 0.3) is 5.91 Å². The Bertz CT molecular complexity index is 665. The van der Waals surface area contributed by atoms with Gasteiger partial charge in [0.15, 0.2) is 0 Å². The molecular formula is C17H18N2O2. The summed E-state index contributed by atoms with van der Waals surface area (Å²) in [6, 6.07) is 10.2. The molecule has 4 nitrogen and oxygen atoms in total. The first kappa shape index (κ1) is 14.8. The fraction of sp³-hybridized carbons (Fsp3) is 0.176. The van der Waals surface area contributed by atoms with Gasteiger partial charge in [-0.15, -0.1) is 0 Å². The molecule has 0 atom stereocenters. The minimum absolute atomic E-state index is 0.126. The van der Waals surface area contributed by atoms with Gasteiger partial charge in [0.2, 0.25) is 0 Å². The molecule has 0 aromatic heterocycles. The molecule has 108 valence electrons. The van der Waals surface area contributed by atoms with Crippen molar-refractivity contribution in [1.29, 1.82) is 0 Å². The maximum atomic E-state index is 11.9. The summed E-state index contributed by atoms with van der Waals surface area (Å²) in [5.74, 6) is -0.186. The third kappa shape index (κ3) is 3.69. The van der Waals surface area contributed by atoms with Crippen molar-refractivity contribution in [3.05, 3.63) is 64.2 Å². The van der Waals surface area contributed by atoms with Gasteiger partial charge < -0.3 is 5.11 Å². The van der Waals surface area contributed by atoms with E-state index in [4.69, 9.17) is 0 Å². The monoisotopic (exact) mass is 282 g/mol. The van der Waals surface area contributed by atoms with Crippen molar-refractivity contribution < 1.29 is 9.90 Å². The molecule has 1 amide bonds. The number of aryl methyl sites for hydroxylation is 3. The first-order valence-electron chi connectivity index (χ1n) is 6.67. The van der Waals surface area contributed by atoms with E-state index in [0.29, 0.717) is 5.56 Å². The number of benzene rings is 2. The van der Waals surface area contributed by atoms with Crippen molar-refractivity contribution in [2.75, 3.05) is 0 Å². The Hall–Kier alpha value is -2.62. The van der Waals surface area contributed by atoms with Gasteiger partial charge >= 0.3 is 0 Å². The highest BCUT2D eigenvalue weighted by Crippen LogP contribution is 2.14. The lowest BCUT2D eigenvalue weighted by Gasteiger charge is -2.06. The highest BCUT2D eigenvalue weighted by molar-refractivity contribution is 5.95. The Morgan fingerprint density at radius 3 is 2.24 bits per heavy atom. The van der Waals surface area contributed by atoms with E-state index in [1.54, 1.807) is 18.3 Å². The summed E-state index contributed by atoms with van der Waals surface area (Å²) in [4.78, 5) is 11.9. The smallest absolute Gasteiger partial charge is 0.271 e. The molecule has 0 spiro atoms. The van der Waals surface area contributed by atoms with Crippen LogP contribution < -0.4 is 5.43 Å². The number of phenols is 1. The summed E-state index contributed by atoms with van der Waals surface area (Å²) in [5, 5.41) is 13.2. The van der Waals surface area contributed by atoms with Gasteiger partial charge in [0.05, 0.1) is 6.21 Å². The quantitative estimate of drug-likeness (QED) is 0.671. The van der Waals surface area contributed by atoms with Gasteiger partial charge in [-0.05, 0) is 56.2 Å². The topological polar surface area (TPSA) is 61.7 Å². The average molecular weight is 282 g/mol. The average Bonchev–Trinajstić information content (AvgIpc) is 2.42. The molecule has 4 heteroatoms.